The van der Waals surface area contributed by atoms with E-state index < -0.39 is 5.97 Å². The number of aromatic nitrogens is 1. The molecule has 1 aromatic heterocycles. The average Bonchev–Trinajstić information content (AvgIpc) is 3.30. The van der Waals surface area contributed by atoms with Gasteiger partial charge in [0, 0.05) is 11.6 Å². The number of aromatic carboxylic acids is 1. The largest absolute Gasteiger partial charge is 0.476 e. The van der Waals surface area contributed by atoms with Crippen molar-refractivity contribution in [2.45, 2.75) is 18.8 Å². The molecule has 0 amide bonds. The zero-order chi connectivity index (χ0) is 13.7. The van der Waals surface area contributed by atoms with Crippen LogP contribution in [0.15, 0.2) is 42.6 Å². The number of hydrogen-bond donors (Lipinski definition) is 1. The first-order valence-corrected chi connectivity index (χ1v) is 6.79. The maximum absolute atomic E-state index is 11.5. The molecule has 1 aliphatic carbocycles. The van der Waals surface area contributed by atoms with Crippen LogP contribution in [0.3, 0.4) is 0 Å². The number of hydrogen-bond acceptors (Lipinski definition) is 2. The second-order valence-corrected chi connectivity index (χ2v) is 5.35. The van der Waals surface area contributed by atoms with E-state index in [4.69, 9.17) is 0 Å². The molecular formula is C17H13NO2. The lowest BCUT2D eigenvalue weighted by Crippen LogP contribution is -2.02. The Labute approximate surface area is 115 Å². The molecule has 0 saturated heterocycles. The van der Waals surface area contributed by atoms with E-state index in [0.717, 1.165) is 21.5 Å². The van der Waals surface area contributed by atoms with Crippen molar-refractivity contribution in [2.75, 3.05) is 0 Å². The molecule has 0 bridgehead atoms. The number of carbonyl (C=O) groups is 1. The van der Waals surface area contributed by atoms with Crippen molar-refractivity contribution in [3.63, 3.8) is 0 Å². The van der Waals surface area contributed by atoms with E-state index in [-0.39, 0.29) is 5.69 Å². The molecule has 4 rings (SSSR count). The molecule has 1 N–H and O–H groups in total. The smallest absolute Gasteiger partial charge is 0.355 e. The van der Waals surface area contributed by atoms with Gasteiger partial charge in [-0.3, -0.25) is 0 Å². The summed E-state index contributed by atoms with van der Waals surface area (Å²) in [6.45, 7) is 0. The molecule has 20 heavy (non-hydrogen) atoms. The minimum atomic E-state index is -0.964. The van der Waals surface area contributed by atoms with Gasteiger partial charge in [0.25, 0.3) is 0 Å². The summed E-state index contributed by atoms with van der Waals surface area (Å²) in [6, 6.07) is 12.1. The summed E-state index contributed by atoms with van der Waals surface area (Å²) in [5, 5.41) is 13.3. The Bertz CT molecular complexity index is 850. The minimum Gasteiger partial charge on any atom is -0.476 e. The van der Waals surface area contributed by atoms with Crippen LogP contribution in [0, 0.1) is 0 Å². The maximum atomic E-state index is 11.5. The highest BCUT2D eigenvalue weighted by atomic mass is 16.4. The summed E-state index contributed by atoms with van der Waals surface area (Å²) in [5.74, 6) is -0.389. The van der Waals surface area contributed by atoms with E-state index in [0.29, 0.717) is 5.92 Å². The van der Waals surface area contributed by atoms with Crippen LogP contribution in [0.25, 0.3) is 21.5 Å². The molecule has 0 radical (unpaired) electrons. The lowest BCUT2D eigenvalue weighted by atomic mass is 9.94. The average molecular weight is 263 g/mol. The first-order chi connectivity index (χ1) is 9.75. The van der Waals surface area contributed by atoms with Crippen LogP contribution in [-0.4, -0.2) is 16.1 Å². The summed E-state index contributed by atoms with van der Waals surface area (Å²) in [5.41, 5.74) is 1.42. The molecule has 98 valence electrons. The van der Waals surface area contributed by atoms with Gasteiger partial charge < -0.3 is 5.11 Å². The molecule has 1 heterocycles. The molecular weight excluding hydrogens is 250 g/mol. The van der Waals surface area contributed by atoms with Crippen LogP contribution in [0.4, 0.5) is 0 Å². The van der Waals surface area contributed by atoms with E-state index in [9.17, 15) is 9.90 Å². The number of nitrogens with zero attached hydrogens (tertiary/aromatic N) is 1. The third-order valence-electron chi connectivity index (χ3n) is 4.02. The second-order valence-electron chi connectivity index (χ2n) is 5.35. The fraction of sp³-hybridized carbons (Fsp3) is 0.176. The molecule has 0 aliphatic heterocycles. The van der Waals surface area contributed by atoms with Crippen molar-refractivity contribution < 1.29 is 9.90 Å². The Morgan fingerprint density at radius 1 is 1.15 bits per heavy atom. The van der Waals surface area contributed by atoms with E-state index >= 15 is 0 Å². The number of rotatable bonds is 2. The van der Waals surface area contributed by atoms with Crippen LogP contribution in [0.1, 0.15) is 34.8 Å². The van der Waals surface area contributed by atoms with Crippen LogP contribution in [0.2, 0.25) is 0 Å². The number of carboxylic acids is 1. The van der Waals surface area contributed by atoms with Crippen LogP contribution in [0.5, 0.6) is 0 Å². The van der Waals surface area contributed by atoms with Crippen molar-refractivity contribution >= 4 is 27.5 Å². The van der Waals surface area contributed by atoms with Gasteiger partial charge in [0.1, 0.15) is 0 Å². The Morgan fingerprint density at radius 2 is 1.95 bits per heavy atom. The van der Waals surface area contributed by atoms with E-state index in [1.54, 1.807) is 6.20 Å². The zero-order valence-corrected chi connectivity index (χ0v) is 10.8. The molecule has 0 unspecified atom stereocenters. The fourth-order valence-corrected chi connectivity index (χ4v) is 2.97. The Morgan fingerprint density at radius 3 is 2.70 bits per heavy atom. The van der Waals surface area contributed by atoms with Gasteiger partial charge in [-0.25, -0.2) is 9.78 Å². The number of pyridine rings is 1. The normalized spacial score (nSPS) is 14.8. The monoisotopic (exact) mass is 263 g/mol. The summed E-state index contributed by atoms with van der Waals surface area (Å²) in [4.78, 5) is 15.6. The summed E-state index contributed by atoms with van der Waals surface area (Å²) >= 11 is 0. The highest BCUT2D eigenvalue weighted by Crippen LogP contribution is 2.45. The fourth-order valence-electron chi connectivity index (χ4n) is 2.97. The maximum Gasteiger partial charge on any atom is 0.355 e. The Hall–Kier alpha value is -2.42. The number of fused-ring (bicyclic) bond motifs is 3. The number of benzene rings is 2. The van der Waals surface area contributed by atoms with Crippen molar-refractivity contribution in [1.29, 1.82) is 0 Å². The molecule has 1 saturated carbocycles. The standard InChI is InChI=1S/C17H13NO2/c19-17(20)16-15-12-4-2-1-3-11(12)9-14(10-5-6-10)13(15)7-8-18-16/h1-4,7-10H,5-6H2,(H,19,20). The van der Waals surface area contributed by atoms with Gasteiger partial charge in [0.15, 0.2) is 5.69 Å². The molecule has 3 heteroatoms. The van der Waals surface area contributed by atoms with E-state index in [1.807, 2.05) is 30.3 Å². The number of carboxylic acid groups (broad SMARTS) is 1. The van der Waals surface area contributed by atoms with Gasteiger partial charge >= 0.3 is 5.97 Å². The summed E-state index contributed by atoms with van der Waals surface area (Å²) in [6.07, 6.45) is 3.99. The molecule has 0 atom stereocenters. The third kappa shape index (κ3) is 1.59. The SMILES string of the molecule is O=C(O)c1nccc2c(C3CC3)cc3ccccc3c12. The molecule has 1 fully saturated rings. The van der Waals surface area contributed by atoms with Gasteiger partial charge in [-0.2, -0.15) is 0 Å². The lowest BCUT2D eigenvalue weighted by molar-refractivity contribution is 0.0693. The molecule has 3 aromatic rings. The zero-order valence-electron chi connectivity index (χ0n) is 10.8. The molecule has 2 aromatic carbocycles. The topological polar surface area (TPSA) is 50.2 Å². The van der Waals surface area contributed by atoms with Gasteiger partial charge in [-0.05, 0) is 46.5 Å². The van der Waals surface area contributed by atoms with E-state index in [2.05, 4.69) is 11.1 Å². The minimum absolute atomic E-state index is 0.154. The van der Waals surface area contributed by atoms with Crippen LogP contribution < -0.4 is 0 Å². The van der Waals surface area contributed by atoms with Crippen LogP contribution in [-0.2, 0) is 0 Å². The third-order valence-corrected chi connectivity index (χ3v) is 4.02. The van der Waals surface area contributed by atoms with Crippen molar-refractivity contribution in [2.24, 2.45) is 0 Å². The summed E-state index contributed by atoms with van der Waals surface area (Å²) in [7, 11) is 0. The van der Waals surface area contributed by atoms with E-state index in [1.165, 1.54) is 18.4 Å². The highest BCUT2D eigenvalue weighted by Gasteiger charge is 2.27. The first-order valence-electron chi connectivity index (χ1n) is 6.79. The highest BCUT2D eigenvalue weighted by molar-refractivity contribution is 6.16. The Balaban J connectivity index is 2.24. The lowest BCUT2D eigenvalue weighted by Gasteiger charge is -2.11. The second kappa shape index (κ2) is 4.04. The molecule has 1 aliphatic rings. The van der Waals surface area contributed by atoms with Crippen molar-refractivity contribution in [3.05, 3.63) is 53.9 Å². The van der Waals surface area contributed by atoms with Crippen LogP contribution >= 0.6 is 0 Å². The predicted molar refractivity (Wildman–Crippen MR) is 78.2 cm³/mol. The first kappa shape index (κ1) is 11.4. The Kier molecular flexibility index (Phi) is 2.30. The van der Waals surface area contributed by atoms with Gasteiger partial charge in [0.2, 0.25) is 0 Å². The predicted octanol–water partition coefficient (Wildman–Crippen LogP) is 3.96. The van der Waals surface area contributed by atoms with Gasteiger partial charge in [-0.15, -0.1) is 0 Å². The van der Waals surface area contributed by atoms with Gasteiger partial charge in [-0.1, -0.05) is 30.3 Å². The van der Waals surface area contributed by atoms with Gasteiger partial charge in [0.05, 0.1) is 0 Å². The van der Waals surface area contributed by atoms with Crippen molar-refractivity contribution in [3.8, 4) is 0 Å². The summed E-state index contributed by atoms with van der Waals surface area (Å²) < 4.78 is 0. The quantitative estimate of drug-likeness (QED) is 0.712. The van der Waals surface area contributed by atoms with Crippen molar-refractivity contribution in [1.82, 2.24) is 4.98 Å². The molecule has 0 spiro atoms. The molecule has 3 nitrogen and oxygen atoms in total.